The van der Waals surface area contributed by atoms with Crippen LogP contribution in [0.4, 0.5) is 0 Å². The summed E-state index contributed by atoms with van der Waals surface area (Å²) >= 11 is 0. The van der Waals surface area contributed by atoms with E-state index < -0.39 is 6.10 Å². The fraction of sp³-hybridized carbons (Fsp3) is 0.500. The van der Waals surface area contributed by atoms with Crippen LogP contribution in [-0.2, 0) is 0 Å². The second kappa shape index (κ2) is 7.43. The van der Waals surface area contributed by atoms with Gasteiger partial charge in [0.2, 0.25) is 0 Å². The molecule has 19 heavy (non-hydrogen) atoms. The summed E-state index contributed by atoms with van der Waals surface area (Å²) in [6.07, 6.45) is 5.02. The van der Waals surface area contributed by atoms with Crippen molar-refractivity contribution in [2.45, 2.75) is 25.4 Å². The van der Waals surface area contributed by atoms with Crippen molar-refractivity contribution in [3.8, 4) is 0 Å². The van der Waals surface area contributed by atoms with Gasteiger partial charge in [0.05, 0.1) is 12.7 Å². The van der Waals surface area contributed by atoms with Crippen molar-refractivity contribution in [3.63, 3.8) is 0 Å². The van der Waals surface area contributed by atoms with Gasteiger partial charge >= 0.3 is 0 Å². The molecular weight excluding hydrogens is 238 g/mol. The van der Waals surface area contributed by atoms with Crippen molar-refractivity contribution in [3.05, 3.63) is 42.0 Å². The van der Waals surface area contributed by atoms with Gasteiger partial charge in [0.25, 0.3) is 0 Å². The number of benzene rings is 1. The van der Waals surface area contributed by atoms with Crippen molar-refractivity contribution in [2.24, 2.45) is 0 Å². The third-order valence-electron chi connectivity index (χ3n) is 3.60. The summed E-state index contributed by atoms with van der Waals surface area (Å²) in [7, 11) is 0. The minimum atomic E-state index is -0.513. The van der Waals surface area contributed by atoms with Crippen LogP contribution < -0.4 is 0 Å². The maximum atomic E-state index is 10.1. The zero-order valence-electron chi connectivity index (χ0n) is 11.3. The minimum Gasteiger partial charge on any atom is -0.392 e. The first-order valence-corrected chi connectivity index (χ1v) is 7.07. The molecule has 0 saturated carbocycles. The first-order valence-electron chi connectivity index (χ1n) is 7.07. The molecule has 1 saturated heterocycles. The third kappa shape index (κ3) is 4.46. The van der Waals surface area contributed by atoms with Gasteiger partial charge in [-0.15, -0.1) is 0 Å². The molecule has 2 rings (SSSR count). The Bertz CT molecular complexity index is 396. The zero-order valence-corrected chi connectivity index (χ0v) is 11.3. The van der Waals surface area contributed by atoms with Crippen LogP contribution in [0.2, 0.25) is 0 Å². The number of hydrogen-bond acceptors (Lipinski definition) is 3. The number of β-amino-alcohol motifs (C(OH)–C–C–N with tert-alkyl or cyclic N) is 1. The molecule has 0 aromatic heterocycles. The Kier molecular flexibility index (Phi) is 5.58. The standard InChI is InChI=1S/C16H23NO2/c18-13-15(14-7-3-1-4-8-14)11-16(19)12-17-9-5-2-6-10-17/h1,3-4,7-8,11,16,18-19H,2,5-6,9-10,12-13H2/b15-11+/t16-/m0/s1. The zero-order chi connectivity index (χ0) is 13.5. The van der Waals surface area contributed by atoms with Gasteiger partial charge in [0, 0.05) is 6.54 Å². The molecule has 0 unspecified atom stereocenters. The molecule has 1 aliphatic rings. The second-order valence-corrected chi connectivity index (χ2v) is 5.14. The molecule has 0 radical (unpaired) electrons. The molecule has 1 aromatic carbocycles. The Morgan fingerprint density at radius 1 is 1.16 bits per heavy atom. The third-order valence-corrected chi connectivity index (χ3v) is 3.60. The average molecular weight is 261 g/mol. The molecule has 0 amide bonds. The van der Waals surface area contributed by atoms with Crippen molar-refractivity contribution < 1.29 is 10.2 Å². The number of nitrogens with zero attached hydrogens (tertiary/aromatic N) is 1. The van der Waals surface area contributed by atoms with E-state index in [1.165, 1.54) is 19.3 Å². The van der Waals surface area contributed by atoms with Crippen LogP contribution in [0.25, 0.3) is 5.57 Å². The molecule has 0 spiro atoms. The highest BCUT2D eigenvalue weighted by Crippen LogP contribution is 2.15. The van der Waals surface area contributed by atoms with Crippen molar-refractivity contribution in [2.75, 3.05) is 26.2 Å². The van der Waals surface area contributed by atoms with Gasteiger partial charge in [-0.3, -0.25) is 0 Å². The van der Waals surface area contributed by atoms with Crippen molar-refractivity contribution >= 4 is 5.57 Å². The van der Waals surface area contributed by atoms with E-state index in [9.17, 15) is 10.2 Å². The quantitative estimate of drug-likeness (QED) is 0.851. The first-order chi connectivity index (χ1) is 9.29. The average Bonchev–Trinajstić information content (AvgIpc) is 2.47. The Labute approximate surface area is 115 Å². The minimum absolute atomic E-state index is 0.0406. The summed E-state index contributed by atoms with van der Waals surface area (Å²) in [6.45, 7) is 2.77. The molecule has 1 atom stereocenters. The number of aliphatic hydroxyl groups excluding tert-OH is 2. The van der Waals surface area contributed by atoms with Crippen LogP contribution in [0, 0.1) is 0 Å². The van der Waals surface area contributed by atoms with Crippen molar-refractivity contribution in [1.82, 2.24) is 4.90 Å². The predicted molar refractivity (Wildman–Crippen MR) is 77.8 cm³/mol. The molecule has 0 bridgehead atoms. The number of likely N-dealkylation sites (tertiary alicyclic amines) is 1. The summed E-state index contributed by atoms with van der Waals surface area (Å²) in [6, 6.07) is 9.74. The van der Waals surface area contributed by atoms with Crippen LogP contribution in [0.15, 0.2) is 36.4 Å². The van der Waals surface area contributed by atoms with Crippen LogP contribution in [0.3, 0.4) is 0 Å². The number of aliphatic hydroxyl groups is 2. The van der Waals surface area contributed by atoms with Crippen LogP contribution in [0.1, 0.15) is 24.8 Å². The predicted octanol–water partition coefficient (Wildman–Crippen LogP) is 1.91. The SMILES string of the molecule is OC/C(=C\[C@H](O)CN1CCCCC1)c1ccccc1. The highest BCUT2D eigenvalue weighted by atomic mass is 16.3. The fourth-order valence-electron chi connectivity index (χ4n) is 2.58. The highest BCUT2D eigenvalue weighted by Gasteiger charge is 2.13. The van der Waals surface area contributed by atoms with E-state index >= 15 is 0 Å². The van der Waals surface area contributed by atoms with Gasteiger partial charge in [-0.2, -0.15) is 0 Å². The van der Waals surface area contributed by atoms with E-state index in [1.807, 2.05) is 30.3 Å². The monoisotopic (exact) mass is 261 g/mol. The summed E-state index contributed by atoms with van der Waals surface area (Å²) in [5.41, 5.74) is 1.77. The first kappa shape index (κ1) is 14.3. The number of hydrogen-bond donors (Lipinski definition) is 2. The van der Waals surface area contributed by atoms with E-state index in [0.29, 0.717) is 6.54 Å². The lowest BCUT2D eigenvalue weighted by atomic mass is 10.0. The Balaban J connectivity index is 1.97. The molecule has 0 aliphatic carbocycles. The van der Waals surface area contributed by atoms with Gasteiger partial charge in [-0.05, 0) is 43.1 Å². The van der Waals surface area contributed by atoms with Gasteiger partial charge in [-0.1, -0.05) is 36.8 Å². The lowest BCUT2D eigenvalue weighted by Gasteiger charge is -2.27. The van der Waals surface area contributed by atoms with E-state index in [-0.39, 0.29) is 6.61 Å². The summed E-state index contributed by atoms with van der Waals surface area (Å²) in [4.78, 5) is 2.30. The van der Waals surface area contributed by atoms with Gasteiger partial charge < -0.3 is 15.1 Å². The normalized spacial score (nSPS) is 19.4. The molecule has 3 heteroatoms. The van der Waals surface area contributed by atoms with E-state index in [4.69, 9.17) is 0 Å². The maximum absolute atomic E-state index is 10.1. The molecule has 104 valence electrons. The highest BCUT2D eigenvalue weighted by molar-refractivity contribution is 5.66. The van der Waals surface area contributed by atoms with E-state index in [2.05, 4.69) is 4.90 Å². The molecular formula is C16H23NO2. The summed E-state index contributed by atoms with van der Waals surface area (Å²) in [5.74, 6) is 0. The molecule has 1 aromatic rings. The van der Waals surface area contributed by atoms with Gasteiger partial charge in [0.15, 0.2) is 0 Å². The van der Waals surface area contributed by atoms with E-state index in [1.54, 1.807) is 6.08 Å². The number of piperidine rings is 1. The van der Waals surface area contributed by atoms with Crippen LogP contribution in [0.5, 0.6) is 0 Å². The smallest absolute Gasteiger partial charge is 0.0854 e. The molecule has 1 heterocycles. The molecule has 3 nitrogen and oxygen atoms in total. The lowest BCUT2D eigenvalue weighted by Crippen LogP contribution is -2.35. The second-order valence-electron chi connectivity index (χ2n) is 5.14. The maximum Gasteiger partial charge on any atom is 0.0854 e. The summed E-state index contributed by atoms with van der Waals surface area (Å²) < 4.78 is 0. The lowest BCUT2D eigenvalue weighted by molar-refractivity contribution is 0.131. The van der Waals surface area contributed by atoms with Gasteiger partial charge in [0.1, 0.15) is 0 Å². The van der Waals surface area contributed by atoms with Crippen LogP contribution >= 0.6 is 0 Å². The van der Waals surface area contributed by atoms with E-state index in [0.717, 1.165) is 24.2 Å². The summed E-state index contributed by atoms with van der Waals surface area (Å²) in [5, 5.41) is 19.6. The topological polar surface area (TPSA) is 43.7 Å². The van der Waals surface area contributed by atoms with Gasteiger partial charge in [-0.25, -0.2) is 0 Å². The Hall–Kier alpha value is -1.16. The molecule has 1 fully saturated rings. The molecule has 2 N–H and O–H groups in total. The largest absolute Gasteiger partial charge is 0.392 e. The fourth-order valence-corrected chi connectivity index (χ4v) is 2.58. The van der Waals surface area contributed by atoms with Crippen LogP contribution in [-0.4, -0.2) is 47.5 Å². The van der Waals surface area contributed by atoms with Crippen molar-refractivity contribution in [1.29, 1.82) is 0 Å². The molecule has 1 aliphatic heterocycles. The number of rotatable bonds is 5. The Morgan fingerprint density at radius 2 is 1.84 bits per heavy atom. The Morgan fingerprint density at radius 3 is 2.47 bits per heavy atom.